The molecule has 1 saturated carbocycles. The third-order valence-electron chi connectivity index (χ3n) is 7.04. The molecule has 3 N–H and O–H groups in total. The normalized spacial score (nSPS) is 16.5. The minimum absolute atomic E-state index is 0.223. The molecule has 3 amide bonds. The van der Waals surface area contributed by atoms with Crippen LogP contribution in [-0.2, 0) is 4.74 Å². The van der Waals surface area contributed by atoms with Crippen molar-refractivity contribution in [2.24, 2.45) is 0 Å². The quantitative estimate of drug-likeness (QED) is 0.395. The number of ether oxygens (including phenoxy) is 1. The first-order valence-electron chi connectivity index (χ1n) is 14.0. The van der Waals surface area contributed by atoms with Crippen LogP contribution in [-0.4, -0.2) is 69.8 Å². The Labute approximate surface area is 234 Å². The molecule has 11 heteroatoms. The molecule has 212 valence electrons. The zero-order valence-electron chi connectivity index (χ0n) is 23.4. The third kappa shape index (κ3) is 7.28. The molecule has 1 saturated heterocycles. The van der Waals surface area contributed by atoms with E-state index in [0.717, 1.165) is 55.5 Å². The number of piperazine rings is 1. The van der Waals surface area contributed by atoms with Crippen LogP contribution in [0.1, 0.15) is 52.9 Å². The fourth-order valence-electron chi connectivity index (χ4n) is 4.98. The van der Waals surface area contributed by atoms with Gasteiger partial charge in [0.25, 0.3) is 0 Å². The van der Waals surface area contributed by atoms with Crippen molar-refractivity contribution >= 4 is 46.3 Å². The van der Waals surface area contributed by atoms with Gasteiger partial charge in [-0.15, -0.1) is 0 Å². The van der Waals surface area contributed by atoms with Crippen molar-refractivity contribution in [2.45, 2.75) is 64.5 Å². The van der Waals surface area contributed by atoms with E-state index >= 15 is 0 Å². The van der Waals surface area contributed by atoms with Gasteiger partial charge in [-0.25, -0.2) is 19.6 Å². The molecule has 5 rings (SSSR count). The predicted octanol–water partition coefficient (Wildman–Crippen LogP) is 5.28. The Morgan fingerprint density at radius 3 is 2.35 bits per heavy atom. The number of rotatable bonds is 5. The minimum Gasteiger partial charge on any atom is -0.444 e. The summed E-state index contributed by atoms with van der Waals surface area (Å²) in [5.74, 6) is 0.865. The Bertz CT molecular complexity index is 1330. The number of fused-ring (bicyclic) bond motifs is 1. The molecule has 3 aromatic rings. The number of aromatic nitrogens is 3. The Kier molecular flexibility index (Phi) is 8.18. The van der Waals surface area contributed by atoms with Gasteiger partial charge in [0.2, 0.25) is 5.95 Å². The molecule has 2 aliphatic rings. The topological polar surface area (TPSA) is 125 Å². The number of carbonyl (C=O) groups excluding carboxylic acids is 2. The number of carbonyl (C=O) groups is 2. The molecule has 1 aliphatic heterocycles. The molecule has 1 aliphatic carbocycles. The lowest BCUT2D eigenvalue weighted by molar-refractivity contribution is 0.0240. The molecule has 0 atom stereocenters. The van der Waals surface area contributed by atoms with E-state index in [-0.39, 0.29) is 18.2 Å². The number of pyridine rings is 1. The maximum absolute atomic E-state index is 12.4. The van der Waals surface area contributed by atoms with Gasteiger partial charge in [0.15, 0.2) is 5.65 Å². The molecule has 40 heavy (non-hydrogen) atoms. The minimum atomic E-state index is -0.494. The van der Waals surface area contributed by atoms with Crippen LogP contribution in [0.25, 0.3) is 11.0 Å². The first-order valence-corrected chi connectivity index (χ1v) is 14.0. The molecular weight excluding hydrogens is 508 g/mol. The number of amides is 3. The zero-order chi connectivity index (χ0) is 28.1. The van der Waals surface area contributed by atoms with Crippen LogP contribution in [0.5, 0.6) is 0 Å². The highest BCUT2D eigenvalue weighted by atomic mass is 16.6. The van der Waals surface area contributed by atoms with Gasteiger partial charge in [0.05, 0.1) is 0 Å². The number of nitrogens with one attached hydrogen (secondary N) is 3. The molecule has 0 radical (unpaired) electrons. The second-order valence-corrected chi connectivity index (χ2v) is 11.4. The highest BCUT2D eigenvalue weighted by molar-refractivity contribution is 5.90. The zero-order valence-corrected chi connectivity index (χ0v) is 23.4. The molecule has 0 bridgehead atoms. The molecule has 3 heterocycles. The summed E-state index contributed by atoms with van der Waals surface area (Å²) in [5, 5.41) is 9.89. The van der Waals surface area contributed by atoms with Gasteiger partial charge in [-0.05, 0) is 70.0 Å². The third-order valence-corrected chi connectivity index (χ3v) is 7.04. The van der Waals surface area contributed by atoms with E-state index in [1.54, 1.807) is 17.2 Å². The van der Waals surface area contributed by atoms with Crippen molar-refractivity contribution in [3.8, 4) is 0 Å². The number of hydrogen-bond acceptors (Lipinski definition) is 8. The lowest BCUT2D eigenvalue weighted by atomic mass is 9.96. The highest BCUT2D eigenvalue weighted by Gasteiger charge is 2.26. The van der Waals surface area contributed by atoms with Gasteiger partial charge in [-0.2, -0.15) is 4.98 Å². The summed E-state index contributed by atoms with van der Waals surface area (Å²) in [6.45, 7) is 8.34. The van der Waals surface area contributed by atoms with Crippen molar-refractivity contribution in [3.05, 3.63) is 42.6 Å². The van der Waals surface area contributed by atoms with E-state index in [1.807, 2.05) is 51.1 Å². The molecule has 2 fully saturated rings. The largest absolute Gasteiger partial charge is 0.444 e. The van der Waals surface area contributed by atoms with Gasteiger partial charge < -0.3 is 25.2 Å². The highest BCUT2D eigenvalue weighted by Crippen LogP contribution is 2.23. The van der Waals surface area contributed by atoms with Crippen LogP contribution in [0, 0.1) is 0 Å². The van der Waals surface area contributed by atoms with Crippen LogP contribution < -0.4 is 20.9 Å². The molecular formula is C29H38N8O3. The Balaban J connectivity index is 1.16. The number of nitrogens with zero attached hydrogens (tertiary/aromatic N) is 5. The van der Waals surface area contributed by atoms with Gasteiger partial charge in [-0.1, -0.05) is 19.3 Å². The average molecular weight is 547 g/mol. The SMILES string of the molecule is CC(C)(C)OC(=O)N1CCN(c2ccc(Nc3ncc4ccc(NC(=O)NC5CCCCC5)nc4n3)cc2)CC1. The Morgan fingerprint density at radius 1 is 0.925 bits per heavy atom. The Morgan fingerprint density at radius 2 is 1.65 bits per heavy atom. The maximum Gasteiger partial charge on any atom is 0.410 e. The van der Waals surface area contributed by atoms with E-state index in [4.69, 9.17) is 4.74 Å². The number of benzene rings is 1. The van der Waals surface area contributed by atoms with E-state index in [1.165, 1.54) is 6.42 Å². The molecule has 2 aromatic heterocycles. The lowest BCUT2D eigenvalue weighted by Crippen LogP contribution is -2.50. The van der Waals surface area contributed by atoms with E-state index in [9.17, 15) is 9.59 Å². The summed E-state index contributed by atoms with van der Waals surface area (Å²) in [5.41, 5.74) is 1.92. The van der Waals surface area contributed by atoms with Crippen molar-refractivity contribution < 1.29 is 14.3 Å². The van der Waals surface area contributed by atoms with Crippen molar-refractivity contribution in [1.29, 1.82) is 0 Å². The van der Waals surface area contributed by atoms with Crippen LogP contribution in [0.2, 0.25) is 0 Å². The summed E-state index contributed by atoms with van der Waals surface area (Å²) < 4.78 is 5.49. The molecule has 11 nitrogen and oxygen atoms in total. The van der Waals surface area contributed by atoms with Crippen LogP contribution >= 0.6 is 0 Å². The van der Waals surface area contributed by atoms with E-state index in [0.29, 0.717) is 30.5 Å². The molecule has 0 unspecified atom stereocenters. The number of anilines is 4. The van der Waals surface area contributed by atoms with Crippen LogP contribution in [0.4, 0.5) is 32.7 Å². The predicted molar refractivity (Wildman–Crippen MR) is 156 cm³/mol. The standard InChI is InChI=1S/C29H38N8O3/c1-29(2,3)40-28(39)37-17-15-36(16-18-37)23-12-10-22(11-13-23)31-26-30-19-20-9-14-24(33-25(20)35-26)34-27(38)32-21-7-5-4-6-8-21/h9-14,19,21H,4-8,15-18H2,1-3H3,(H3,30,31,32,33,34,35,38). The van der Waals surface area contributed by atoms with Gasteiger partial charge in [0.1, 0.15) is 11.4 Å². The van der Waals surface area contributed by atoms with Crippen molar-refractivity contribution in [2.75, 3.05) is 41.7 Å². The smallest absolute Gasteiger partial charge is 0.410 e. The van der Waals surface area contributed by atoms with Crippen molar-refractivity contribution in [1.82, 2.24) is 25.2 Å². The fraction of sp³-hybridized carbons (Fsp3) is 0.483. The van der Waals surface area contributed by atoms with Gasteiger partial charge in [0, 0.05) is 55.2 Å². The van der Waals surface area contributed by atoms with E-state index in [2.05, 4.69) is 35.8 Å². The lowest BCUT2D eigenvalue weighted by Gasteiger charge is -2.36. The summed E-state index contributed by atoms with van der Waals surface area (Å²) in [6.07, 6.45) is 7.03. The molecule has 0 spiro atoms. The second kappa shape index (κ2) is 11.9. The maximum atomic E-state index is 12.4. The van der Waals surface area contributed by atoms with Crippen molar-refractivity contribution in [3.63, 3.8) is 0 Å². The first kappa shape index (κ1) is 27.4. The molecule has 1 aromatic carbocycles. The van der Waals surface area contributed by atoms with Gasteiger partial charge in [-0.3, -0.25) is 5.32 Å². The average Bonchev–Trinajstić information content (AvgIpc) is 2.93. The fourth-order valence-corrected chi connectivity index (χ4v) is 4.98. The monoisotopic (exact) mass is 546 g/mol. The second-order valence-electron chi connectivity index (χ2n) is 11.4. The van der Waals surface area contributed by atoms with E-state index < -0.39 is 5.60 Å². The van der Waals surface area contributed by atoms with Crippen LogP contribution in [0.3, 0.4) is 0 Å². The van der Waals surface area contributed by atoms with Gasteiger partial charge >= 0.3 is 12.1 Å². The summed E-state index contributed by atoms with van der Waals surface area (Å²) in [6, 6.07) is 11.6. The Hall–Kier alpha value is -4.15. The number of hydrogen-bond donors (Lipinski definition) is 3. The summed E-state index contributed by atoms with van der Waals surface area (Å²) in [7, 11) is 0. The van der Waals surface area contributed by atoms with Crippen LogP contribution in [0.15, 0.2) is 42.6 Å². The first-order chi connectivity index (χ1) is 19.2. The summed E-state index contributed by atoms with van der Waals surface area (Å²) >= 11 is 0. The summed E-state index contributed by atoms with van der Waals surface area (Å²) in [4.78, 5) is 42.3. The number of urea groups is 1.